The van der Waals surface area contributed by atoms with Gasteiger partial charge in [0, 0.05) is 50.0 Å². The number of carbonyl (C=O) groups is 2. The quantitative estimate of drug-likeness (QED) is 0.616. The number of fused-ring (bicyclic) bond motifs is 1. The third-order valence-electron chi connectivity index (χ3n) is 6.46. The molecule has 2 aromatic carbocycles. The second kappa shape index (κ2) is 7.84. The zero-order valence-corrected chi connectivity index (χ0v) is 17.6. The monoisotopic (exact) mass is 411 g/mol. The van der Waals surface area contributed by atoms with Crippen molar-refractivity contribution in [1.29, 1.82) is 0 Å². The van der Waals surface area contributed by atoms with E-state index in [9.17, 15) is 9.59 Å². The highest BCUT2D eigenvalue weighted by Crippen LogP contribution is 2.42. The topological polar surface area (TPSA) is 53.5 Å². The molecule has 1 saturated heterocycles. The van der Waals surface area contributed by atoms with Crippen LogP contribution in [0.2, 0.25) is 0 Å². The molecule has 1 aliphatic carbocycles. The van der Waals surface area contributed by atoms with E-state index in [0.29, 0.717) is 29.9 Å². The van der Waals surface area contributed by atoms with Crippen LogP contribution in [0.15, 0.2) is 72.9 Å². The van der Waals surface area contributed by atoms with Crippen LogP contribution in [0.3, 0.4) is 0 Å². The molecule has 0 radical (unpaired) electrons. The van der Waals surface area contributed by atoms with Gasteiger partial charge in [-0.3, -0.25) is 24.4 Å². The Labute approximate surface area is 182 Å². The summed E-state index contributed by atoms with van der Waals surface area (Å²) < 4.78 is 0. The molecule has 5 rings (SSSR count). The fraction of sp³-hybridized carbons (Fsp3) is 0.269. The van der Waals surface area contributed by atoms with Crippen LogP contribution in [-0.4, -0.2) is 52.5 Å². The number of nitrogens with zero attached hydrogens (tertiary/aromatic N) is 3. The van der Waals surface area contributed by atoms with Crippen molar-refractivity contribution < 1.29 is 9.59 Å². The minimum absolute atomic E-state index is 0.150. The molecule has 0 unspecified atom stereocenters. The largest absolute Gasteiger partial charge is 0.297 e. The molecule has 5 heteroatoms. The van der Waals surface area contributed by atoms with E-state index < -0.39 is 5.54 Å². The predicted octanol–water partition coefficient (Wildman–Crippen LogP) is 3.48. The molecule has 1 aliphatic heterocycles. The molecule has 0 amide bonds. The number of hydrogen-bond donors (Lipinski definition) is 0. The van der Waals surface area contributed by atoms with Crippen molar-refractivity contribution in [2.75, 3.05) is 26.2 Å². The molecule has 0 spiro atoms. The second-order valence-electron chi connectivity index (χ2n) is 8.38. The highest BCUT2D eigenvalue weighted by Gasteiger charge is 2.59. The van der Waals surface area contributed by atoms with Crippen LogP contribution in [0.25, 0.3) is 0 Å². The summed E-state index contributed by atoms with van der Waals surface area (Å²) in [6, 6.07) is 21.3. The van der Waals surface area contributed by atoms with Gasteiger partial charge in [0.05, 0.1) is 5.69 Å². The molecule has 2 aliphatic rings. The molecule has 1 aromatic heterocycles. The minimum atomic E-state index is -1.37. The molecule has 2 heterocycles. The third-order valence-corrected chi connectivity index (χ3v) is 6.46. The van der Waals surface area contributed by atoms with Gasteiger partial charge < -0.3 is 0 Å². The van der Waals surface area contributed by atoms with E-state index in [4.69, 9.17) is 0 Å². The van der Waals surface area contributed by atoms with Crippen molar-refractivity contribution in [3.63, 3.8) is 0 Å². The van der Waals surface area contributed by atoms with Crippen LogP contribution >= 0.6 is 0 Å². The molecule has 156 valence electrons. The average molecular weight is 412 g/mol. The Morgan fingerprint density at radius 3 is 2.06 bits per heavy atom. The maximum Gasteiger partial charge on any atom is 0.198 e. The highest BCUT2D eigenvalue weighted by molar-refractivity contribution is 6.32. The first-order valence-electron chi connectivity index (χ1n) is 10.7. The van der Waals surface area contributed by atoms with E-state index in [1.807, 2.05) is 37.3 Å². The van der Waals surface area contributed by atoms with Crippen LogP contribution < -0.4 is 0 Å². The summed E-state index contributed by atoms with van der Waals surface area (Å²) in [5, 5.41) is 0. The second-order valence-corrected chi connectivity index (χ2v) is 8.38. The lowest BCUT2D eigenvalue weighted by Crippen LogP contribution is -2.60. The Kier molecular flexibility index (Phi) is 5.00. The van der Waals surface area contributed by atoms with E-state index in [-0.39, 0.29) is 11.6 Å². The van der Waals surface area contributed by atoms with Gasteiger partial charge >= 0.3 is 0 Å². The van der Waals surface area contributed by atoms with Crippen molar-refractivity contribution in [3.8, 4) is 0 Å². The predicted molar refractivity (Wildman–Crippen MR) is 119 cm³/mol. The number of aromatic nitrogens is 1. The lowest BCUT2D eigenvalue weighted by molar-refractivity contribution is 0.0266. The summed E-state index contributed by atoms with van der Waals surface area (Å²) in [7, 11) is 0. The Bertz CT molecular complexity index is 1100. The normalized spacial score (nSPS) is 18.9. The summed E-state index contributed by atoms with van der Waals surface area (Å²) in [5.41, 5.74) is 2.43. The number of Topliss-reactive ketones (excluding diaryl/α,β-unsaturated/α-hetero) is 2. The van der Waals surface area contributed by atoms with Gasteiger partial charge in [-0.05, 0) is 30.2 Å². The number of benzene rings is 2. The Morgan fingerprint density at radius 1 is 0.839 bits per heavy atom. The zero-order valence-electron chi connectivity index (χ0n) is 17.6. The van der Waals surface area contributed by atoms with Crippen molar-refractivity contribution in [3.05, 3.63) is 101 Å². The summed E-state index contributed by atoms with van der Waals surface area (Å²) in [5.74, 6) is -0.301. The first kappa shape index (κ1) is 19.8. The molecular weight excluding hydrogens is 386 g/mol. The lowest BCUT2D eigenvalue weighted by atomic mass is 9.85. The van der Waals surface area contributed by atoms with Gasteiger partial charge in [-0.2, -0.15) is 0 Å². The molecule has 0 N–H and O–H groups in total. The van der Waals surface area contributed by atoms with Gasteiger partial charge in [0.15, 0.2) is 17.1 Å². The highest BCUT2D eigenvalue weighted by atomic mass is 16.2. The summed E-state index contributed by atoms with van der Waals surface area (Å²) in [6.45, 7) is 5.68. The molecular formula is C26H25N3O2. The van der Waals surface area contributed by atoms with Gasteiger partial charge in [-0.15, -0.1) is 0 Å². The minimum Gasteiger partial charge on any atom is -0.297 e. The van der Waals surface area contributed by atoms with Crippen LogP contribution in [0, 0.1) is 6.92 Å². The van der Waals surface area contributed by atoms with E-state index in [0.717, 1.165) is 25.2 Å². The maximum atomic E-state index is 13.8. The summed E-state index contributed by atoms with van der Waals surface area (Å²) in [4.78, 5) is 36.6. The SMILES string of the molecule is Cc1ccnc(C2(N3CCN(Cc4ccccc4)CC3)C(=O)c3ccccc3C2=O)c1. The van der Waals surface area contributed by atoms with E-state index in [1.54, 1.807) is 18.3 Å². The Balaban J connectivity index is 1.49. The Morgan fingerprint density at radius 2 is 1.45 bits per heavy atom. The summed E-state index contributed by atoms with van der Waals surface area (Å²) >= 11 is 0. The van der Waals surface area contributed by atoms with Gasteiger partial charge in [0.2, 0.25) is 0 Å². The molecule has 5 nitrogen and oxygen atoms in total. The number of piperazine rings is 1. The third kappa shape index (κ3) is 3.21. The zero-order chi connectivity index (χ0) is 21.4. The number of rotatable bonds is 4. The van der Waals surface area contributed by atoms with E-state index in [2.05, 4.69) is 39.0 Å². The first-order chi connectivity index (χ1) is 15.1. The molecule has 0 bridgehead atoms. The van der Waals surface area contributed by atoms with Gasteiger partial charge in [0.1, 0.15) is 0 Å². The van der Waals surface area contributed by atoms with Crippen molar-refractivity contribution in [1.82, 2.24) is 14.8 Å². The molecule has 3 aromatic rings. The van der Waals surface area contributed by atoms with Crippen LogP contribution in [0.1, 0.15) is 37.5 Å². The van der Waals surface area contributed by atoms with E-state index in [1.165, 1.54) is 5.56 Å². The fourth-order valence-electron chi connectivity index (χ4n) is 4.87. The fourth-order valence-corrected chi connectivity index (χ4v) is 4.87. The smallest absolute Gasteiger partial charge is 0.198 e. The Hall–Kier alpha value is -3.15. The van der Waals surface area contributed by atoms with E-state index >= 15 is 0 Å². The number of hydrogen-bond acceptors (Lipinski definition) is 5. The van der Waals surface area contributed by atoms with Crippen LogP contribution in [-0.2, 0) is 12.1 Å². The van der Waals surface area contributed by atoms with Gasteiger partial charge in [0.25, 0.3) is 0 Å². The number of pyridine rings is 1. The summed E-state index contributed by atoms with van der Waals surface area (Å²) in [6.07, 6.45) is 1.70. The number of carbonyl (C=O) groups excluding carboxylic acids is 2. The standard InChI is InChI=1S/C26H25N3O2/c1-19-11-12-27-23(17-19)26(24(30)21-9-5-6-10-22(21)25(26)31)29-15-13-28(14-16-29)18-20-7-3-2-4-8-20/h2-12,17H,13-16,18H2,1H3. The van der Waals surface area contributed by atoms with Gasteiger partial charge in [-0.25, -0.2) is 0 Å². The van der Waals surface area contributed by atoms with Crippen molar-refractivity contribution in [2.24, 2.45) is 0 Å². The molecule has 0 saturated carbocycles. The van der Waals surface area contributed by atoms with Crippen LogP contribution in [0.4, 0.5) is 0 Å². The first-order valence-corrected chi connectivity index (χ1v) is 10.7. The van der Waals surface area contributed by atoms with Crippen LogP contribution in [0.5, 0.6) is 0 Å². The van der Waals surface area contributed by atoms with Crippen molar-refractivity contribution >= 4 is 11.6 Å². The number of ketones is 2. The molecule has 0 atom stereocenters. The average Bonchev–Trinajstić information content (AvgIpc) is 3.03. The molecule has 1 fully saturated rings. The number of aryl methyl sites for hydroxylation is 1. The maximum absolute atomic E-state index is 13.8. The molecule has 31 heavy (non-hydrogen) atoms. The van der Waals surface area contributed by atoms with Crippen molar-refractivity contribution in [2.45, 2.75) is 19.0 Å². The lowest BCUT2D eigenvalue weighted by Gasteiger charge is -2.43. The van der Waals surface area contributed by atoms with Gasteiger partial charge in [-0.1, -0.05) is 54.6 Å².